The van der Waals surface area contributed by atoms with Crippen molar-refractivity contribution in [3.05, 3.63) is 59.5 Å². The molecule has 0 bridgehead atoms. The van der Waals surface area contributed by atoms with Crippen LogP contribution in [0.15, 0.2) is 48.2 Å². The maximum atomic E-state index is 12.4. The Morgan fingerprint density at radius 2 is 2.24 bits per heavy atom. The number of rotatable bonds is 4. The van der Waals surface area contributed by atoms with Crippen LogP contribution in [0.25, 0.3) is 10.7 Å². The monoisotopic (exact) mass is 352 g/mol. The number of nitrogens with zero attached hydrogens (tertiary/aromatic N) is 3. The van der Waals surface area contributed by atoms with Gasteiger partial charge in [-0.3, -0.25) is 14.8 Å². The molecule has 7 heteroatoms. The number of aromatic nitrogens is 3. The zero-order chi connectivity index (χ0) is 17.1. The highest BCUT2D eigenvalue weighted by molar-refractivity contribution is 7.13. The van der Waals surface area contributed by atoms with Gasteiger partial charge in [0.1, 0.15) is 23.1 Å². The summed E-state index contributed by atoms with van der Waals surface area (Å²) in [6, 6.07) is 7.84. The summed E-state index contributed by atoms with van der Waals surface area (Å²) in [5, 5.41) is 5.68. The van der Waals surface area contributed by atoms with Gasteiger partial charge in [-0.2, -0.15) is 0 Å². The molecule has 1 amide bonds. The number of fused-ring (bicyclic) bond motifs is 1. The van der Waals surface area contributed by atoms with Gasteiger partial charge in [-0.15, -0.1) is 11.3 Å². The second kappa shape index (κ2) is 6.98. The molecule has 4 rings (SSSR count). The zero-order valence-corrected chi connectivity index (χ0v) is 14.2. The van der Waals surface area contributed by atoms with Crippen LogP contribution < -0.4 is 10.1 Å². The molecule has 0 fully saturated rings. The number of para-hydroxylation sites is 1. The molecule has 3 aromatic rings. The first-order chi connectivity index (χ1) is 12.3. The van der Waals surface area contributed by atoms with Crippen molar-refractivity contribution in [2.75, 3.05) is 6.61 Å². The third-order valence-electron chi connectivity index (χ3n) is 4.03. The van der Waals surface area contributed by atoms with Crippen molar-refractivity contribution in [2.45, 2.75) is 13.0 Å². The molecule has 1 atom stereocenters. The van der Waals surface area contributed by atoms with Crippen molar-refractivity contribution in [1.29, 1.82) is 0 Å². The van der Waals surface area contributed by atoms with Crippen LogP contribution in [0.1, 0.15) is 11.3 Å². The van der Waals surface area contributed by atoms with Crippen molar-refractivity contribution >= 4 is 17.2 Å². The summed E-state index contributed by atoms with van der Waals surface area (Å²) in [7, 11) is 0. The first-order valence-corrected chi connectivity index (χ1v) is 8.87. The van der Waals surface area contributed by atoms with Crippen molar-refractivity contribution in [1.82, 2.24) is 20.3 Å². The molecule has 2 aromatic heterocycles. The van der Waals surface area contributed by atoms with Gasteiger partial charge in [0.25, 0.3) is 0 Å². The van der Waals surface area contributed by atoms with Crippen LogP contribution in [0.3, 0.4) is 0 Å². The predicted octanol–water partition coefficient (Wildman–Crippen LogP) is 2.47. The van der Waals surface area contributed by atoms with Gasteiger partial charge in [0, 0.05) is 17.8 Å². The van der Waals surface area contributed by atoms with Gasteiger partial charge >= 0.3 is 0 Å². The number of carbonyl (C=O) groups excluding carboxylic acids is 1. The molecule has 6 nitrogen and oxygen atoms in total. The van der Waals surface area contributed by atoms with Crippen LogP contribution in [0.5, 0.6) is 5.75 Å². The Hall–Kier alpha value is -2.80. The van der Waals surface area contributed by atoms with E-state index in [1.165, 1.54) is 11.3 Å². The number of hydrogen-bond acceptors (Lipinski definition) is 6. The standard InChI is InChI=1S/C18H16N4O2S/c23-17(13-7-12-3-1-2-4-16(12)24-10-13)21-8-14-11-25-18(22-14)15-9-19-5-6-20-15/h1-6,9,11,13H,7-8,10H2,(H,21,23)/t13-/m1/s1. The van der Waals surface area contributed by atoms with Crippen molar-refractivity contribution in [3.63, 3.8) is 0 Å². The van der Waals surface area contributed by atoms with E-state index in [0.717, 1.165) is 27.7 Å². The Balaban J connectivity index is 1.36. The first kappa shape index (κ1) is 15.7. The molecule has 25 heavy (non-hydrogen) atoms. The number of amides is 1. The molecule has 0 saturated heterocycles. The maximum absolute atomic E-state index is 12.4. The number of hydrogen-bond donors (Lipinski definition) is 1. The van der Waals surface area contributed by atoms with E-state index in [2.05, 4.69) is 20.3 Å². The van der Waals surface area contributed by atoms with E-state index in [9.17, 15) is 4.79 Å². The van der Waals surface area contributed by atoms with Gasteiger partial charge in [-0.25, -0.2) is 4.98 Å². The first-order valence-electron chi connectivity index (χ1n) is 7.99. The second-order valence-electron chi connectivity index (χ2n) is 5.77. The summed E-state index contributed by atoms with van der Waals surface area (Å²) in [5.74, 6) is 0.691. The molecule has 1 aromatic carbocycles. The fraction of sp³-hybridized carbons (Fsp3) is 0.222. The number of ether oxygens (including phenoxy) is 1. The SMILES string of the molecule is O=C(NCc1csc(-c2cnccn2)n1)[C@H]1COc2ccccc2C1. The smallest absolute Gasteiger partial charge is 0.227 e. The number of benzene rings is 1. The van der Waals surface area contributed by atoms with E-state index in [-0.39, 0.29) is 11.8 Å². The van der Waals surface area contributed by atoms with Crippen LogP contribution in [0, 0.1) is 5.92 Å². The second-order valence-corrected chi connectivity index (χ2v) is 6.63. The highest BCUT2D eigenvalue weighted by Gasteiger charge is 2.25. The van der Waals surface area contributed by atoms with Gasteiger partial charge in [0.15, 0.2) is 0 Å². The minimum absolute atomic E-state index is 0.0106. The molecule has 0 saturated carbocycles. The van der Waals surface area contributed by atoms with E-state index in [1.54, 1.807) is 18.6 Å². The highest BCUT2D eigenvalue weighted by Crippen LogP contribution is 2.27. The molecule has 0 radical (unpaired) electrons. The summed E-state index contributed by atoms with van der Waals surface area (Å²) in [5.41, 5.74) is 2.63. The fourth-order valence-corrected chi connectivity index (χ4v) is 3.51. The van der Waals surface area contributed by atoms with Gasteiger partial charge in [0.2, 0.25) is 5.91 Å². The lowest BCUT2D eigenvalue weighted by Crippen LogP contribution is -2.37. The lowest BCUT2D eigenvalue weighted by atomic mass is 9.96. The molecular weight excluding hydrogens is 336 g/mol. The molecule has 0 aliphatic carbocycles. The third kappa shape index (κ3) is 3.51. The van der Waals surface area contributed by atoms with Crippen molar-refractivity contribution in [3.8, 4) is 16.5 Å². The minimum atomic E-state index is -0.173. The Bertz CT molecular complexity index is 882. The lowest BCUT2D eigenvalue weighted by Gasteiger charge is -2.24. The molecule has 0 spiro atoms. The van der Waals surface area contributed by atoms with E-state index in [0.29, 0.717) is 19.6 Å². The molecule has 1 aliphatic heterocycles. The van der Waals surface area contributed by atoms with E-state index in [1.807, 2.05) is 29.6 Å². The van der Waals surface area contributed by atoms with Crippen molar-refractivity contribution in [2.24, 2.45) is 5.92 Å². The van der Waals surface area contributed by atoms with E-state index >= 15 is 0 Å². The van der Waals surface area contributed by atoms with Crippen LogP contribution >= 0.6 is 11.3 Å². The summed E-state index contributed by atoms with van der Waals surface area (Å²) in [6.45, 7) is 0.804. The Kier molecular flexibility index (Phi) is 4.39. The van der Waals surface area contributed by atoms with Crippen LogP contribution in [0.4, 0.5) is 0 Å². The summed E-state index contributed by atoms with van der Waals surface area (Å²) >= 11 is 1.49. The van der Waals surface area contributed by atoms with Gasteiger partial charge in [-0.05, 0) is 18.1 Å². The Labute approximate surface area is 148 Å². The van der Waals surface area contributed by atoms with E-state index < -0.39 is 0 Å². The summed E-state index contributed by atoms with van der Waals surface area (Å²) in [4.78, 5) is 25.2. The molecule has 126 valence electrons. The van der Waals surface area contributed by atoms with Crippen molar-refractivity contribution < 1.29 is 9.53 Å². The van der Waals surface area contributed by atoms with Crippen LogP contribution in [-0.4, -0.2) is 27.5 Å². The van der Waals surface area contributed by atoms with E-state index in [4.69, 9.17) is 4.74 Å². The Morgan fingerprint density at radius 3 is 3.12 bits per heavy atom. The van der Waals surface area contributed by atoms with Gasteiger partial charge in [-0.1, -0.05) is 18.2 Å². The topological polar surface area (TPSA) is 77.0 Å². The average Bonchev–Trinajstić information content (AvgIpc) is 3.15. The highest BCUT2D eigenvalue weighted by atomic mass is 32.1. The number of thiazole rings is 1. The number of nitrogens with one attached hydrogen (secondary N) is 1. The summed E-state index contributed by atoms with van der Waals surface area (Å²) < 4.78 is 5.68. The normalized spacial score (nSPS) is 15.9. The van der Waals surface area contributed by atoms with Gasteiger partial charge < -0.3 is 10.1 Å². The molecule has 3 heterocycles. The zero-order valence-electron chi connectivity index (χ0n) is 13.4. The molecule has 1 aliphatic rings. The molecule has 1 N–H and O–H groups in total. The molecule has 0 unspecified atom stereocenters. The summed E-state index contributed by atoms with van der Waals surface area (Å²) in [6.07, 6.45) is 5.64. The van der Waals surface area contributed by atoms with Crippen LogP contribution in [-0.2, 0) is 17.8 Å². The van der Waals surface area contributed by atoms with Crippen LogP contribution in [0.2, 0.25) is 0 Å². The average molecular weight is 352 g/mol. The Morgan fingerprint density at radius 1 is 1.32 bits per heavy atom. The molecular formula is C18H16N4O2S. The predicted molar refractivity (Wildman–Crippen MR) is 94.1 cm³/mol. The fourth-order valence-electron chi connectivity index (χ4n) is 2.73. The third-order valence-corrected chi connectivity index (χ3v) is 4.94. The minimum Gasteiger partial charge on any atom is -0.492 e. The number of carbonyl (C=O) groups is 1. The van der Waals surface area contributed by atoms with Gasteiger partial charge in [0.05, 0.1) is 24.4 Å². The quantitative estimate of drug-likeness (QED) is 0.780. The maximum Gasteiger partial charge on any atom is 0.227 e. The lowest BCUT2D eigenvalue weighted by molar-refractivity contribution is -0.126. The largest absolute Gasteiger partial charge is 0.492 e.